The third-order valence-electron chi connectivity index (χ3n) is 7.46. The van der Waals surface area contributed by atoms with E-state index in [1.54, 1.807) is 38.1 Å². The number of nitrogens with one attached hydrogen (secondary N) is 1. The Morgan fingerprint density at radius 1 is 1.05 bits per heavy atom. The average Bonchev–Trinajstić information content (AvgIpc) is 3.08. The van der Waals surface area contributed by atoms with Gasteiger partial charge in [0.2, 0.25) is 10.0 Å². The van der Waals surface area contributed by atoms with E-state index in [1.807, 2.05) is 0 Å². The Kier molecular flexibility index (Phi) is 10.2. The summed E-state index contributed by atoms with van der Waals surface area (Å²) in [6, 6.07) is 7.51. The van der Waals surface area contributed by atoms with E-state index >= 15 is 0 Å². The van der Waals surface area contributed by atoms with Gasteiger partial charge in [0.05, 0.1) is 24.1 Å². The van der Waals surface area contributed by atoms with Crippen molar-refractivity contribution in [1.82, 2.24) is 20.2 Å². The second-order valence-electron chi connectivity index (χ2n) is 11.1. The van der Waals surface area contributed by atoms with E-state index in [1.165, 1.54) is 36.2 Å². The standard InChI is InChI=1S/C28H36F3N5O7S/c1-18(2)34(15-16-35-25(38)27(3,4)33(5)26(35)39)23(24(37)32-40)17-36(44(6,41)42)20-9-13-22(14-10-20)43-21-11-7-19(8-12-21)28(29,30)31/h7-14,18,23,40H,15-17H2,1-6H3,(H,32,37). The van der Waals surface area contributed by atoms with Crippen LogP contribution >= 0.6 is 0 Å². The van der Waals surface area contributed by atoms with Gasteiger partial charge in [0, 0.05) is 26.2 Å². The maximum Gasteiger partial charge on any atom is 0.416 e. The third kappa shape index (κ3) is 7.60. The molecule has 2 aromatic rings. The van der Waals surface area contributed by atoms with Crippen LogP contribution in [0.15, 0.2) is 48.5 Å². The zero-order valence-electron chi connectivity index (χ0n) is 25.1. The molecule has 16 heteroatoms. The van der Waals surface area contributed by atoms with Crippen LogP contribution in [0.1, 0.15) is 33.3 Å². The number of benzene rings is 2. The van der Waals surface area contributed by atoms with E-state index in [0.717, 1.165) is 39.7 Å². The highest BCUT2D eigenvalue weighted by atomic mass is 32.2. The van der Waals surface area contributed by atoms with Crippen LogP contribution in [0.5, 0.6) is 11.5 Å². The first-order valence-electron chi connectivity index (χ1n) is 13.5. The second kappa shape index (κ2) is 13.0. The van der Waals surface area contributed by atoms with Gasteiger partial charge in [0.1, 0.15) is 23.1 Å². The van der Waals surface area contributed by atoms with Crippen molar-refractivity contribution in [3.05, 3.63) is 54.1 Å². The molecule has 2 N–H and O–H groups in total. The topological polar surface area (TPSA) is 140 Å². The monoisotopic (exact) mass is 643 g/mol. The number of alkyl halides is 3. The SMILES string of the molecule is CC(C)N(CCN1C(=O)N(C)C(C)(C)C1=O)C(CN(c1ccc(Oc2ccc(C(F)(F)F)cc2)cc1)S(C)(=O)=O)C(=O)NO. The molecule has 1 fully saturated rings. The first-order valence-corrected chi connectivity index (χ1v) is 15.4. The molecule has 2 aromatic carbocycles. The highest BCUT2D eigenvalue weighted by Gasteiger charge is 2.49. The molecule has 1 heterocycles. The number of ether oxygens (including phenoxy) is 1. The minimum Gasteiger partial charge on any atom is -0.457 e. The summed E-state index contributed by atoms with van der Waals surface area (Å²) in [4.78, 5) is 42.4. The molecule has 1 aliphatic rings. The van der Waals surface area contributed by atoms with Crippen molar-refractivity contribution in [3.8, 4) is 11.5 Å². The quantitative estimate of drug-likeness (QED) is 0.204. The fourth-order valence-corrected chi connectivity index (χ4v) is 5.61. The van der Waals surface area contributed by atoms with Crippen LogP contribution in [0.3, 0.4) is 0 Å². The lowest BCUT2D eigenvalue weighted by atomic mass is 10.1. The number of hydroxylamine groups is 1. The number of carbonyl (C=O) groups is 3. The molecule has 0 radical (unpaired) electrons. The Labute approximate surface area is 254 Å². The van der Waals surface area contributed by atoms with Gasteiger partial charge in [-0.1, -0.05) is 0 Å². The zero-order chi connectivity index (χ0) is 33.2. The number of amides is 4. The van der Waals surface area contributed by atoms with Crippen LogP contribution < -0.4 is 14.5 Å². The lowest BCUT2D eigenvalue weighted by molar-refractivity contribution is -0.138. The fraction of sp³-hybridized carbons (Fsp3) is 0.464. The van der Waals surface area contributed by atoms with E-state index in [9.17, 15) is 41.2 Å². The maximum absolute atomic E-state index is 12.9. The molecule has 4 amide bonds. The first kappa shape index (κ1) is 34.6. The number of sulfonamides is 1. The Hall–Kier alpha value is -3.89. The smallest absolute Gasteiger partial charge is 0.416 e. The predicted molar refractivity (Wildman–Crippen MR) is 155 cm³/mol. The van der Waals surface area contributed by atoms with Crippen LogP contribution in [0.25, 0.3) is 0 Å². The van der Waals surface area contributed by atoms with Crippen LogP contribution in [0.4, 0.5) is 23.7 Å². The van der Waals surface area contributed by atoms with E-state index in [2.05, 4.69) is 0 Å². The molecular weight excluding hydrogens is 607 g/mol. The molecule has 0 aliphatic carbocycles. The van der Waals surface area contributed by atoms with Crippen molar-refractivity contribution in [2.75, 3.05) is 37.2 Å². The number of anilines is 1. The van der Waals surface area contributed by atoms with Crippen molar-refractivity contribution < 1.29 is 45.9 Å². The number of carbonyl (C=O) groups excluding carboxylic acids is 3. The van der Waals surface area contributed by atoms with Crippen molar-refractivity contribution in [2.24, 2.45) is 0 Å². The van der Waals surface area contributed by atoms with E-state index in [-0.39, 0.29) is 30.3 Å². The molecule has 0 bridgehead atoms. The number of imide groups is 1. The number of likely N-dealkylation sites (N-methyl/N-ethyl adjacent to an activating group) is 1. The molecular formula is C28H36F3N5O7S. The molecule has 0 spiro atoms. The number of urea groups is 1. The summed E-state index contributed by atoms with van der Waals surface area (Å²) in [5.41, 5.74) is -0.181. The van der Waals surface area contributed by atoms with Crippen LogP contribution in [0.2, 0.25) is 0 Å². The molecule has 1 saturated heterocycles. The van der Waals surface area contributed by atoms with Gasteiger partial charge in [-0.15, -0.1) is 0 Å². The molecule has 242 valence electrons. The third-order valence-corrected chi connectivity index (χ3v) is 8.62. The van der Waals surface area contributed by atoms with Gasteiger partial charge in [0.15, 0.2) is 0 Å². The van der Waals surface area contributed by atoms with Crippen LogP contribution in [0, 0.1) is 0 Å². The molecule has 1 aliphatic heterocycles. The summed E-state index contributed by atoms with van der Waals surface area (Å²) in [6.45, 7) is 6.15. The molecule has 0 saturated carbocycles. The van der Waals surface area contributed by atoms with Gasteiger partial charge in [0.25, 0.3) is 11.8 Å². The highest BCUT2D eigenvalue weighted by Crippen LogP contribution is 2.32. The minimum absolute atomic E-state index is 0.00530. The molecule has 1 atom stereocenters. The van der Waals surface area contributed by atoms with Crippen LogP contribution in [-0.4, -0.2) is 96.7 Å². The summed E-state index contributed by atoms with van der Waals surface area (Å²) in [7, 11) is -2.50. The van der Waals surface area contributed by atoms with Crippen molar-refractivity contribution in [1.29, 1.82) is 0 Å². The lowest BCUT2D eigenvalue weighted by Gasteiger charge is -2.37. The van der Waals surface area contributed by atoms with Gasteiger partial charge >= 0.3 is 12.2 Å². The van der Waals surface area contributed by atoms with E-state index < -0.39 is 63.8 Å². The summed E-state index contributed by atoms with van der Waals surface area (Å²) in [5.74, 6) is -0.995. The summed E-state index contributed by atoms with van der Waals surface area (Å²) in [5, 5.41) is 9.53. The number of hydrogen-bond acceptors (Lipinski definition) is 8. The van der Waals surface area contributed by atoms with Crippen molar-refractivity contribution in [3.63, 3.8) is 0 Å². The molecule has 0 aromatic heterocycles. The first-order chi connectivity index (χ1) is 20.3. The summed E-state index contributed by atoms with van der Waals surface area (Å²) < 4.78 is 70.9. The molecule has 1 unspecified atom stereocenters. The van der Waals surface area contributed by atoms with Gasteiger partial charge in [-0.2, -0.15) is 13.2 Å². The Bertz CT molecular complexity index is 1470. The Balaban J connectivity index is 1.84. The second-order valence-corrected chi connectivity index (χ2v) is 13.0. The summed E-state index contributed by atoms with van der Waals surface area (Å²) in [6.07, 6.45) is -3.56. The Morgan fingerprint density at radius 2 is 1.57 bits per heavy atom. The molecule has 3 rings (SSSR count). The summed E-state index contributed by atoms with van der Waals surface area (Å²) >= 11 is 0. The van der Waals surface area contributed by atoms with Gasteiger partial charge < -0.3 is 9.64 Å². The number of nitrogens with zero attached hydrogens (tertiary/aromatic N) is 4. The number of halogens is 3. The van der Waals surface area contributed by atoms with E-state index in [0.29, 0.717) is 0 Å². The fourth-order valence-electron chi connectivity index (χ4n) is 4.70. The lowest BCUT2D eigenvalue weighted by Crippen LogP contribution is -2.57. The Morgan fingerprint density at radius 3 is 1.98 bits per heavy atom. The van der Waals surface area contributed by atoms with Crippen LogP contribution in [-0.2, 0) is 25.8 Å². The maximum atomic E-state index is 12.9. The normalized spacial score (nSPS) is 16.1. The zero-order valence-corrected chi connectivity index (χ0v) is 25.9. The highest BCUT2D eigenvalue weighted by molar-refractivity contribution is 7.92. The van der Waals surface area contributed by atoms with Crippen molar-refractivity contribution >= 4 is 33.6 Å². The number of rotatable bonds is 12. The average molecular weight is 644 g/mol. The minimum atomic E-state index is -4.50. The molecule has 44 heavy (non-hydrogen) atoms. The van der Waals surface area contributed by atoms with E-state index in [4.69, 9.17) is 4.74 Å². The van der Waals surface area contributed by atoms with Gasteiger partial charge in [-0.3, -0.25) is 28.9 Å². The van der Waals surface area contributed by atoms with Gasteiger partial charge in [-0.25, -0.2) is 18.7 Å². The van der Waals surface area contributed by atoms with Gasteiger partial charge in [-0.05, 0) is 76.2 Å². The number of hydrogen-bond donors (Lipinski definition) is 2. The van der Waals surface area contributed by atoms with Crippen molar-refractivity contribution in [2.45, 2.75) is 51.5 Å². The largest absolute Gasteiger partial charge is 0.457 e. The predicted octanol–water partition coefficient (Wildman–Crippen LogP) is 3.52. The molecule has 12 nitrogen and oxygen atoms in total.